The van der Waals surface area contributed by atoms with E-state index in [2.05, 4.69) is 9.97 Å². The van der Waals surface area contributed by atoms with Gasteiger partial charge in [0.15, 0.2) is 0 Å². The van der Waals surface area contributed by atoms with E-state index >= 15 is 0 Å². The first-order valence-corrected chi connectivity index (χ1v) is 6.48. The van der Waals surface area contributed by atoms with Crippen LogP contribution in [0.3, 0.4) is 0 Å². The molecule has 2 unspecified atom stereocenters. The van der Waals surface area contributed by atoms with Crippen LogP contribution in [0.4, 0.5) is 11.6 Å². The molecule has 0 bridgehead atoms. The van der Waals surface area contributed by atoms with Gasteiger partial charge in [0, 0.05) is 6.54 Å². The molecule has 20 heavy (non-hydrogen) atoms. The molecule has 1 saturated heterocycles. The third kappa shape index (κ3) is 2.84. The Bertz CT molecular complexity index is 505. The molecule has 1 fully saturated rings. The van der Waals surface area contributed by atoms with Gasteiger partial charge in [-0.05, 0) is 18.8 Å². The average Bonchev–Trinajstić information content (AvgIpc) is 2.46. The van der Waals surface area contributed by atoms with Crippen LogP contribution < -0.4 is 4.90 Å². The van der Waals surface area contributed by atoms with Crippen molar-refractivity contribution >= 4 is 17.6 Å². The van der Waals surface area contributed by atoms with Gasteiger partial charge in [0.25, 0.3) is 0 Å². The molecule has 8 heteroatoms. The monoisotopic (exact) mass is 280 g/mol. The molecule has 0 spiro atoms. The molecule has 0 saturated carbocycles. The van der Waals surface area contributed by atoms with Crippen molar-refractivity contribution in [2.75, 3.05) is 11.4 Å². The summed E-state index contributed by atoms with van der Waals surface area (Å²) in [6.07, 6.45) is 4.58. The number of hydrogen-bond donors (Lipinski definition) is 1. The molecule has 1 aliphatic rings. The van der Waals surface area contributed by atoms with E-state index in [4.69, 9.17) is 0 Å². The minimum absolute atomic E-state index is 0.205. The van der Waals surface area contributed by atoms with Crippen molar-refractivity contribution in [1.29, 1.82) is 0 Å². The standard InChI is InChI=1S/C12H16N4O4/c1-2-8-3-4-15(10(5-8)11(17)18)12-13-6-9(7-14-12)16(19)20/h6-8,10H,2-5H2,1H3,(H,17,18). The van der Waals surface area contributed by atoms with E-state index in [1.807, 2.05) is 6.92 Å². The van der Waals surface area contributed by atoms with E-state index in [0.717, 1.165) is 25.2 Å². The number of aromatic nitrogens is 2. The van der Waals surface area contributed by atoms with Gasteiger partial charge >= 0.3 is 11.7 Å². The molecule has 2 rings (SSSR count). The van der Waals surface area contributed by atoms with Crippen LogP contribution in [0.15, 0.2) is 12.4 Å². The van der Waals surface area contributed by atoms with E-state index in [0.29, 0.717) is 18.9 Å². The largest absolute Gasteiger partial charge is 0.480 e. The SMILES string of the molecule is CCC1CCN(c2ncc([N+](=O)[O-])cn2)C(C(=O)O)C1. The fourth-order valence-corrected chi connectivity index (χ4v) is 2.44. The molecule has 0 amide bonds. The minimum atomic E-state index is -0.912. The quantitative estimate of drug-likeness (QED) is 0.656. The van der Waals surface area contributed by atoms with E-state index in [1.54, 1.807) is 4.90 Å². The molecule has 2 atom stereocenters. The van der Waals surface area contributed by atoms with E-state index in [1.165, 1.54) is 0 Å². The molecule has 0 aliphatic carbocycles. The van der Waals surface area contributed by atoms with E-state index in [-0.39, 0.29) is 11.6 Å². The third-order valence-electron chi connectivity index (χ3n) is 3.67. The molecular formula is C12H16N4O4. The molecule has 1 N–H and O–H groups in total. The number of rotatable bonds is 4. The number of hydrogen-bond acceptors (Lipinski definition) is 6. The fourth-order valence-electron chi connectivity index (χ4n) is 2.44. The predicted molar refractivity (Wildman–Crippen MR) is 70.5 cm³/mol. The molecular weight excluding hydrogens is 264 g/mol. The lowest BCUT2D eigenvalue weighted by molar-refractivity contribution is -0.385. The summed E-state index contributed by atoms with van der Waals surface area (Å²) >= 11 is 0. The van der Waals surface area contributed by atoms with Crippen LogP contribution in [0.2, 0.25) is 0 Å². The lowest BCUT2D eigenvalue weighted by atomic mass is 9.89. The molecule has 0 radical (unpaired) electrons. The van der Waals surface area contributed by atoms with Gasteiger partial charge in [0.1, 0.15) is 18.4 Å². The van der Waals surface area contributed by atoms with Gasteiger partial charge in [-0.2, -0.15) is 0 Å². The zero-order valence-electron chi connectivity index (χ0n) is 11.1. The van der Waals surface area contributed by atoms with Crippen LogP contribution in [0.25, 0.3) is 0 Å². The molecule has 108 valence electrons. The highest BCUT2D eigenvalue weighted by Gasteiger charge is 2.34. The first-order valence-electron chi connectivity index (χ1n) is 6.48. The van der Waals surface area contributed by atoms with Crippen LogP contribution in [-0.4, -0.2) is 38.6 Å². The Labute approximate surface area is 115 Å². The minimum Gasteiger partial charge on any atom is -0.480 e. The van der Waals surface area contributed by atoms with Gasteiger partial charge < -0.3 is 10.0 Å². The Morgan fingerprint density at radius 3 is 2.70 bits per heavy atom. The maximum absolute atomic E-state index is 11.4. The van der Waals surface area contributed by atoms with Gasteiger partial charge in [-0.15, -0.1) is 0 Å². The Morgan fingerprint density at radius 2 is 2.20 bits per heavy atom. The lowest BCUT2D eigenvalue weighted by Crippen LogP contribution is -2.48. The zero-order chi connectivity index (χ0) is 14.7. The highest BCUT2D eigenvalue weighted by Crippen LogP contribution is 2.28. The predicted octanol–water partition coefficient (Wildman–Crippen LogP) is 1.46. The smallest absolute Gasteiger partial charge is 0.326 e. The first kappa shape index (κ1) is 14.2. The number of nitro groups is 1. The molecule has 2 heterocycles. The van der Waals surface area contributed by atoms with Crippen LogP contribution >= 0.6 is 0 Å². The van der Waals surface area contributed by atoms with Gasteiger partial charge in [-0.3, -0.25) is 10.1 Å². The molecule has 1 aromatic rings. The molecule has 1 aromatic heterocycles. The summed E-state index contributed by atoms with van der Waals surface area (Å²) in [6.45, 7) is 2.59. The molecule has 1 aliphatic heterocycles. The van der Waals surface area contributed by atoms with Crippen molar-refractivity contribution in [3.63, 3.8) is 0 Å². The summed E-state index contributed by atoms with van der Waals surface area (Å²) in [5.41, 5.74) is -0.205. The van der Waals surface area contributed by atoms with Crippen molar-refractivity contribution in [2.45, 2.75) is 32.2 Å². The molecule has 0 aromatic carbocycles. The lowest BCUT2D eigenvalue weighted by Gasteiger charge is -2.36. The second-order valence-electron chi connectivity index (χ2n) is 4.84. The summed E-state index contributed by atoms with van der Waals surface area (Å²) in [6, 6.07) is -0.671. The van der Waals surface area contributed by atoms with Gasteiger partial charge in [-0.1, -0.05) is 13.3 Å². The van der Waals surface area contributed by atoms with Crippen molar-refractivity contribution in [3.05, 3.63) is 22.5 Å². The second kappa shape index (κ2) is 5.81. The number of piperidine rings is 1. The number of aliphatic carboxylic acids is 1. The maximum Gasteiger partial charge on any atom is 0.326 e. The normalized spacial score (nSPS) is 22.6. The maximum atomic E-state index is 11.4. The number of anilines is 1. The topological polar surface area (TPSA) is 109 Å². The van der Waals surface area contributed by atoms with Crippen molar-refractivity contribution in [2.24, 2.45) is 5.92 Å². The number of carbonyl (C=O) groups is 1. The first-order chi connectivity index (χ1) is 9.52. The highest BCUT2D eigenvalue weighted by atomic mass is 16.6. The number of carboxylic acids is 1. The fraction of sp³-hybridized carbons (Fsp3) is 0.583. The highest BCUT2D eigenvalue weighted by molar-refractivity contribution is 5.77. The van der Waals surface area contributed by atoms with Crippen molar-refractivity contribution in [1.82, 2.24) is 9.97 Å². The Kier molecular flexibility index (Phi) is 4.11. The van der Waals surface area contributed by atoms with Gasteiger partial charge in [0.05, 0.1) is 4.92 Å². The van der Waals surface area contributed by atoms with E-state index < -0.39 is 16.9 Å². The Balaban J connectivity index is 2.21. The van der Waals surface area contributed by atoms with Crippen LogP contribution in [0.5, 0.6) is 0 Å². The van der Waals surface area contributed by atoms with E-state index in [9.17, 15) is 20.0 Å². The van der Waals surface area contributed by atoms with Crippen LogP contribution in [-0.2, 0) is 4.79 Å². The summed E-state index contributed by atoms with van der Waals surface area (Å²) < 4.78 is 0. The van der Waals surface area contributed by atoms with Gasteiger partial charge in [0.2, 0.25) is 5.95 Å². The van der Waals surface area contributed by atoms with Crippen molar-refractivity contribution < 1.29 is 14.8 Å². The summed E-state index contributed by atoms with van der Waals surface area (Å²) in [4.78, 5) is 30.8. The number of nitrogens with zero attached hydrogens (tertiary/aromatic N) is 4. The third-order valence-corrected chi connectivity index (χ3v) is 3.67. The van der Waals surface area contributed by atoms with Crippen LogP contribution in [0, 0.1) is 16.0 Å². The summed E-state index contributed by atoms with van der Waals surface area (Å²) in [7, 11) is 0. The van der Waals surface area contributed by atoms with Crippen molar-refractivity contribution in [3.8, 4) is 0 Å². The molecule has 8 nitrogen and oxygen atoms in total. The summed E-state index contributed by atoms with van der Waals surface area (Å²) in [5.74, 6) is -0.298. The Hall–Kier alpha value is -2.25. The average molecular weight is 280 g/mol. The Morgan fingerprint density at radius 1 is 1.55 bits per heavy atom. The summed E-state index contributed by atoms with van der Waals surface area (Å²) in [5, 5.41) is 19.9. The second-order valence-corrected chi connectivity index (χ2v) is 4.84. The number of carboxylic acid groups (broad SMARTS) is 1. The zero-order valence-corrected chi connectivity index (χ0v) is 11.1. The van der Waals surface area contributed by atoms with Gasteiger partial charge in [-0.25, -0.2) is 14.8 Å². The van der Waals surface area contributed by atoms with Crippen LogP contribution in [0.1, 0.15) is 26.2 Å².